The summed E-state index contributed by atoms with van der Waals surface area (Å²) in [7, 11) is 0. The zero-order valence-electron chi connectivity index (χ0n) is 16.0. The molecule has 158 valence electrons. The van der Waals surface area contributed by atoms with Crippen LogP contribution < -0.4 is 10.5 Å². The molecular formula is C19H19ClFN5O2S2. The molecular weight excluding hydrogens is 449 g/mol. The van der Waals surface area contributed by atoms with Crippen LogP contribution in [0.2, 0.25) is 5.02 Å². The number of carbonyl (C=O) groups is 1. The van der Waals surface area contributed by atoms with Crippen molar-refractivity contribution in [2.75, 3.05) is 22.5 Å². The maximum atomic E-state index is 14.3. The fourth-order valence-corrected chi connectivity index (χ4v) is 4.12. The number of benzene rings is 2. The van der Waals surface area contributed by atoms with E-state index in [1.807, 2.05) is 18.2 Å². The number of halogens is 2. The molecule has 0 bridgehead atoms. The monoisotopic (exact) mass is 467 g/mol. The molecule has 0 spiro atoms. The van der Waals surface area contributed by atoms with Crippen molar-refractivity contribution in [2.24, 2.45) is 0 Å². The molecule has 1 aromatic heterocycles. The van der Waals surface area contributed by atoms with Crippen molar-refractivity contribution in [3.8, 4) is 0 Å². The van der Waals surface area contributed by atoms with Gasteiger partial charge in [0.25, 0.3) is 0 Å². The molecule has 30 heavy (non-hydrogen) atoms. The number of nitrogens with one attached hydrogen (secondary N) is 1. The summed E-state index contributed by atoms with van der Waals surface area (Å²) >= 11 is 8.78. The molecule has 3 aromatic rings. The molecule has 0 saturated carbocycles. The van der Waals surface area contributed by atoms with Gasteiger partial charge in [-0.3, -0.25) is 4.79 Å². The predicted octanol–water partition coefficient (Wildman–Crippen LogP) is 4.46. The summed E-state index contributed by atoms with van der Waals surface area (Å²) in [6.45, 7) is 0.221. The second-order valence-corrected chi connectivity index (χ2v) is 8.16. The zero-order valence-corrected chi connectivity index (χ0v) is 18.4. The number of aromatic nitrogens is 2. The van der Waals surface area contributed by atoms with E-state index in [9.17, 15) is 9.18 Å². The maximum Gasteiger partial charge on any atom is 0.312 e. The highest BCUT2D eigenvalue weighted by molar-refractivity contribution is 8.00. The Morgan fingerprint density at radius 3 is 2.73 bits per heavy atom. The number of anilines is 2. The lowest BCUT2D eigenvalue weighted by Gasteiger charge is -2.21. The molecule has 2 aromatic carbocycles. The molecule has 3 N–H and O–H groups in total. The molecule has 3 rings (SSSR count). The Bertz CT molecular complexity index is 1020. The highest BCUT2D eigenvalue weighted by Crippen LogP contribution is 2.27. The highest BCUT2D eigenvalue weighted by atomic mass is 35.5. The summed E-state index contributed by atoms with van der Waals surface area (Å²) in [5.41, 5.74) is 6.48. The second kappa shape index (κ2) is 10.6. The lowest BCUT2D eigenvalue weighted by Crippen LogP contribution is -2.31. The Hall–Kier alpha value is -2.43. The predicted molar refractivity (Wildman–Crippen MR) is 119 cm³/mol. The van der Waals surface area contributed by atoms with Crippen LogP contribution in [0.25, 0.3) is 0 Å². The summed E-state index contributed by atoms with van der Waals surface area (Å²) in [5.74, 6) is -0.253. The van der Waals surface area contributed by atoms with Gasteiger partial charge in [0.05, 0.1) is 23.0 Å². The first-order valence-corrected chi connectivity index (χ1v) is 11.4. The number of nitrogens with zero attached hydrogens (tertiary/aromatic N) is 3. The first-order valence-electron chi connectivity index (χ1n) is 8.76. The number of hydrogen-bond donors (Lipinski definition) is 2. The van der Waals surface area contributed by atoms with E-state index in [-0.39, 0.29) is 36.7 Å². The van der Waals surface area contributed by atoms with Crippen molar-refractivity contribution >= 4 is 52.9 Å². The molecule has 0 atom stereocenters. The van der Waals surface area contributed by atoms with Crippen LogP contribution >= 0.6 is 35.3 Å². The molecule has 1 amide bonds. The van der Waals surface area contributed by atoms with E-state index >= 15 is 0 Å². The minimum atomic E-state index is -0.401. The van der Waals surface area contributed by atoms with Crippen molar-refractivity contribution in [1.82, 2.24) is 15.1 Å². The van der Waals surface area contributed by atoms with Gasteiger partial charge in [-0.1, -0.05) is 46.8 Å². The SMILES string of the molecule is CSNc1ccc(CN(Cc2nnc(N)o2)C(=O)CSc2ccccc2Cl)cc1F. The number of thioether (sulfide) groups is 1. The number of hydrogen-bond acceptors (Lipinski definition) is 8. The van der Waals surface area contributed by atoms with Crippen LogP contribution in [0.5, 0.6) is 0 Å². The number of amides is 1. The van der Waals surface area contributed by atoms with Crippen molar-refractivity contribution in [2.45, 2.75) is 18.0 Å². The first-order chi connectivity index (χ1) is 14.5. The van der Waals surface area contributed by atoms with Crippen LogP contribution in [0.15, 0.2) is 51.8 Å². The van der Waals surface area contributed by atoms with Crippen LogP contribution in [-0.2, 0) is 17.9 Å². The smallest absolute Gasteiger partial charge is 0.312 e. The summed E-state index contributed by atoms with van der Waals surface area (Å²) in [5, 5.41) is 8.01. The van der Waals surface area contributed by atoms with Crippen molar-refractivity contribution < 1.29 is 13.6 Å². The van der Waals surface area contributed by atoms with Gasteiger partial charge < -0.3 is 19.8 Å². The Morgan fingerprint density at radius 1 is 1.27 bits per heavy atom. The fraction of sp³-hybridized carbons (Fsp3) is 0.211. The van der Waals surface area contributed by atoms with Crippen LogP contribution in [0.1, 0.15) is 11.5 Å². The number of nitrogens with two attached hydrogens (primary N) is 1. The zero-order chi connectivity index (χ0) is 21.5. The van der Waals surface area contributed by atoms with Gasteiger partial charge in [0.1, 0.15) is 5.82 Å². The van der Waals surface area contributed by atoms with E-state index in [0.29, 0.717) is 16.3 Å². The van der Waals surface area contributed by atoms with Gasteiger partial charge in [-0.05, 0) is 29.8 Å². The average molecular weight is 468 g/mol. The molecule has 0 aliphatic carbocycles. The maximum absolute atomic E-state index is 14.3. The molecule has 7 nitrogen and oxygen atoms in total. The summed E-state index contributed by atoms with van der Waals surface area (Å²) in [6, 6.07) is 12.0. The number of nitrogen functional groups attached to an aromatic ring is 1. The second-order valence-electron chi connectivity index (χ2n) is 6.12. The number of carbonyl (C=O) groups excluding carboxylic acids is 1. The lowest BCUT2D eigenvalue weighted by atomic mass is 10.2. The van der Waals surface area contributed by atoms with Gasteiger partial charge >= 0.3 is 6.01 Å². The van der Waals surface area contributed by atoms with Gasteiger partial charge in [-0.25, -0.2) is 4.39 Å². The Kier molecular flexibility index (Phi) is 7.83. The molecule has 0 aliphatic heterocycles. The first kappa shape index (κ1) is 22.3. The van der Waals surface area contributed by atoms with Gasteiger partial charge in [0, 0.05) is 17.7 Å². The third-order valence-corrected chi connectivity index (χ3v) is 5.89. The standard InChI is InChI=1S/C19H19ClFN5O2S2/c1-29-25-15-7-6-12(8-14(15)21)9-26(10-17-23-24-19(22)28-17)18(27)11-30-16-5-3-2-4-13(16)20/h2-8,25H,9-11H2,1H3,(H2,22,24). The minimum absolute atomic E-state index is 0.0541. The van der Waals surface area contributed by atoms with E-state index < -0.39 is 5.82 Å². The van der Waals surface area contributed by atoms with E-state index in [0.717, 1.165) is 4.90 Å². The van der Waals surface area contributed by atoms with E-state index in [1.165, 1.54) is 34.7 Å². The molecule has 0 aliphatic rings. The average Bonchev–Trinajstić information content (AvgIpc) is 3.13. The third-order valence-electron chi connectivity index (χ3n) is 3.97. The molecule has 1 heterocycles. The quantitative estimate of drug-likeness (QED) is 0.351. The van der Waals surface area contributed by atoms with Crippen LogP contribution in [0.3, 0.4) is 0 Å². The summed E-state index contributed by atoms with van der Waals surface area (Å²) < 4.78 is 22.3. The van der Waals surface area contributed by atoms with Crippen molar-refractivity contribution in [3.05, 3.63) is 64.8 Å². The van der Waals surface area contributed by atoms with Gasteiger partial charge in [-0.15, -0.1) is 16.9 Å². The van der Waals surface area contributed by atoms with Gasteiger partial charge in [-0.2, -0.15) is 0 Å². The van der Waals surface area contributed by atoms with Crippen LogP contribution in [-0.4, -0.2) is 33.0 Å². The van der Waals surface area contributed by atoms with E-state index in [1.54, 1.807) is 24.5 Å². The molecule has 11 heteroatoms. The largest absolute Gasteiger partial charge is 0.406 e. The Morgan fingerprint density at radius 2 is 2.07 bits per heavy atom. The molecule has 0 radical (unpaired) electrons. The topological polar surface area (TPSA) is 97.3 Å². The Labute approximate surface area is 186 Å². The van der Waals surface area contributed by atoms with Crippen molar-refractivity contribution in [1.29, 1.82) is 0 Å². The molecule has 0 fully saturated rings. The van der Waals surface area contributed by atoms with Gasteiger partial charge in [0.2, 0.25) is 11.8 Å². The van der Waals surface area contributed by atoms with E-state index in [2.05, 4.69) is 14.9 Å². The van der Waals surface area contributed by atoms with Crippen molar-refractivity contribution in [3.63, 3.8) is 0 Å². The van der Waals surface area contributed by atoms with E-state index in [4.69, 9.17) is 21.8 Å². The molecule has 0 saturated heterocycles. The third kappa shape index (κ3) is 6.04. The lowest BCUT2D eigenvalue weighted by molar-refractivity contribution is -0.129. The summed E-state index contributed by atoms with van der Waals surface area (Å²) in [4.78, 5) is 15.2. The Balaban J connectivity index is 1.75. The fourth-order valence-electron chi connectivity index (χ4n) is 2.59. The summed E-state index contributed by atoms with van der Waals surface area (Å²) in [6.07, 6.45) is 1.81. The molecule has 0 unspecified atom stereocenters. The number of rotatable bonds is 9. The van der Waals surface area contributed by atoms with Gasteiger partial charge in [0.15, 0.2) is 0 Å². The van der Waals surface area contributed by atoms with Crippen LogP contribution in [0, 0.1) is 5.82 Å². The highest BCUT2D eigenvalue weighted by Gasteiger charge is 2.19. The van der Waals surface area contributed by atoms with Crippen LogP contribution in [0.4, 0.5) is 16.1 Å². The normalized spacial score (nSPS) is 10.8. The minimum Gasteiger partial charge on any atom is -0.406 e.